The Morgan fingerprint density at radius 1 is 0.820 bits per heavy atom. The quantitative estimate of drug-likeness (QED) is 0.227. The summed E-state index contributed by atoms with van der Waals surface area (Å²) in [5, 5.41) is 3.79. The maximum absolute atomic E-state index is 16.2. The fourth-order valence-electron chi connectivity index (χ4n) is 6.09. The second kappa shape index (κ2) is 14.3. The third kappa shape index (κ3) is 9.02. The van der Waals surface area contributed by atoms with Gasteiger partial charge in [0.05, 0.1) is 16.6 Å². The average molecular weight is 726 g/mol. The van der Waals surface area contributed by atoms with Gasteiger partial charge in [0.25, 0.3) is 5.92 Å². The number of nitrogens with one attached hydrogen (secondary N) is 2. The molecule has 3 aromatic carbocycles. The van der Waals surface area contributed by atoms with Crippen LogP contribution < -0.4 is 14.8 Å². The monoisotopic (exact) mass is 725 g/mol. The number of hydrogen-bond donors (Lipinski definition) is 2. The summed E-state index contributed by atoms with van der Waals surface area (Å²) < 4.78 is 113. The number of amides is 2. The van der Waals surface area contributed by atoms with Crippen molar-refractivity contribution in [2.45, 2.75) is 100 Å². The lowest BCUT2D eigenvalue weighted by molar-refractivity contribution is -0.145. The second-order valence-corrected chi connectivity index (χ2v) is 15.4. The summed E-state index contributed by atoms with van der Waals surface area (Å²) in [6.07, 6.45) is -1.02. The number of benzene rings is 3. The lowest BCUT2D eigenvalue weighted by Crippen LogP contribution is -2.58. The topological polar surface area (TPSA) is 114 Å². The normalized spacial score (nSPS) is 17.5. The van der Waals surface area contributed by atoms with Crippen LogP contribution in [0.4, 0.5) is 26.7 Å². The van der Waals surface area contributed by atoms with Crippen LogP contribution in [0.25, 0.3) is 10.8 Å². The van der Waals surface area contributed by atoms with E-state index in [0.29, 0.717) is 40.8 Å². The Labute approximate surface area is 287 Å². The molecule has 2 N–H and O–H groups in total. The molecule has 2 fully saturated rings. The summed E-state index contributed by atoms with van der Waals surface area (Å²) in [7, 11) is -4.79. The largest absolute Gasteiger partial charge is 0.490 e. The number of alkyl carbamates (subject to hydrolysis) is 1. The van der Waals surface area contributed by atoms with Crippen LogP contribution in [0.15, 0.2) is 65.6 Å². The highest BCUT2D eigenvalue weighted by molar-refractivity contribution is 7.89. The van der Waals surface area contributed by atoms with Gasteiger partial charge >= 0.3 is 12.3 Å². The Morgan fingerprint density at radius 3 is 2.00 bits per heavy atom. The van der Waals surface area contributed by atoms with Crippen molar-refractivity contribution in [3.63, 3.8) is 0 Å². The van der Waals surface area contributed by atoms with Gasteiger partial charge in [0, 0.05) is 24.7 Å². The lowest BCUT2D eigenvalue weighted by atomic mass is 9.97. The van der Waals surface area contributed by atoms with E-state index in [1.807, 2.05) is 4.72 Å². The Bertz CT molecular complexity index is 1800. The minimum atomic E-state index is -4.80. The number of ether oxygens (including phenoxy) is 2. The number of piperidine rings is 1. The summed E-state index contributed by atoms with van der Waals surface area (Å²) in [5.74, 6) is -4.93. The van der Waals surface area contributed by atoms with Gasteiger partial charge in [0.1, 0.15) is 11.4 Å². The van der Waals surface area contributed by atoms with Crippen LogP contribution in [-0.2, 0) is 31.7 Å². The standard InChI is InChI=1S/C35H40F5N3O6S/c1-33(2,3)49-32(45)41-26-16-18-43(19-17-26)31(44)30(34(36,37)24-10-12-25(13-11-24)35(38,39)40)42-50(46,47)29-15-9-22-20-28(14-8-23(22)21-29)48-27-6-4-5-7-27/h8-15,20-21,26-27,30,42H,4-7,16-19H2,1-3H3,(H,41,45). The first-order valence-electron chi connectivity index (χ1n) is 16.4. The molecule has 1 unspecified atom stereocenters. The van der Waals surface area contributed by atoms with E-state index in [-0.39, 0.29) is 32.0 Å². The molecule has 2 amide bonds. The van der Waals surface area contributed by atoms with Crippen molar-refractivity contribution in [2.75, 3.05) is 13.1 Å². The maximum Gasteiger partial charge on any atom is 0.416 e. The number of carbonyl (C=O) groups excluding carboxylic acids is 2. The van der Waals surface area contributed by atoms with E-state index in [9.17, 15) is 31.2 Å². The molecule has 272 valence electrons. The molecule has 0 radical (unpaired) electrons. The van der Waals surface area contributed by atoms with E-state index in [2.05, 4.69) is 5.32 Å². The van der Waals surface area contributed by atoms with Crippen molar-refractivity contribution in [1.82, 2.24) is 14.9 Å². The van der Waals surface area contributed by atoms with E-state index in [0.717, 1.165) is 30.6 Å². The summed E-state index contributed by atoms with van der Waals surface area (Å²) in [5.41, 5.74) is -2.93. The lowest BCUT2D eigenvalue weighted by Gasteiger charge is -2.36. The summed E-state index contributed by atoms with van der Waals surface area (Å²) in [4.78, 5) is 26.6. The first kappa shape index (κ1) is 37.3. The second-order valence-electron chi connectivity index (χ2n) is 13.7. The van der Waals surface area contributed by atoms with E-state index >= 15 is 8.78 Å². The van der Waals surface area contributed by atoms with Crippen LogP contribution in [0.2, 0.25) is 0 Å². The Kier molecular flexibility index (Phi) is 10.7. The molecule has 1 aliphatic carbocycles. The zero-order valence-electron chi connectivity index (χ0n) is 27.9. The number of hydrogen-bond acceptors (Lipinski definition) is 6. The molecule has 1 atom stereocenters. The highest BCUT2D eigenvalue weighted by Crippen LogP contribution is 2.37. The molecule has 1 saturated carbocycles. The molecule has 2 aliphatic rings. The Hall–Kier alpha value is -3.98. The first-order chi connectivity index (χ1) is 23.3. The number of sulfonamides is 1. The summed E-state index contributed by atoms with van der Waals surface area (Å²) in [6, 6.07) is 7.87. The minimum absolute atomic E-state index is 0.101. The molecule has 1 saturated heterocycles. The number of alkyl halides is 5. The predicted octanol–water partition coefficient (Wildman–Crippen LogP) is 7.13. The SMILES string of the molecule is CC(C)(C)OC(=O)NC1CCN(C(=O)C(NS(=O)(=O)c2ccc3cc(OC4CCCC4)ccc3c2)C(F)(F)c2ccc(C(F)(F)F)cc2)CC1. The highest BCUT2D eigenvalue weighted by atomic mass is 32.2. The van der Waals surface area contributed by atoms with Gasteiger partial charge in [-0.05, 0) is 106 Å². The molecule has 15 heteroatoms. The third-order valence-corrected chi connectivity index (χ3v) is 10.1. The van der Waals surface area contributed by atoms with Crippen LogP contribution in [0.5, 0.6) is 5.75 Å². The third-order valence-electron chi connectivity index (χ3n) is 8.71. The number of likely N-dealkylation sites (tertiary alicyclic amines) is 1. The number of halogens is 5. The zero-order valence-corrected chi connectivity index (χ0v) is 28.7. The van der Waals surface area contributed by atoms with Crippen LogP contribution in [0, 0.1) is 0 Å². The van der Waals surface area contributed by atoms with Crippen LogP contribution in [0.3, 0.4) is 0 Å². The number of nitrogens with zero attached hydrogens (tertiary/aromatic N) is 1. The molecule has 0 spiro atoms. The van der Waals surface area contributed by atoms with Gasteiger partial charge in [-0.1, -0.05) is 24.3 Å². The van der Waals surface area contributed by atoms with Crippen molar-refractivity contribution in [3.8, 4) is 5.75 Å². The van der Waals surface area contributed by atoms with Gasteiger partial charge in [-0.15, -0.1) is 0 Å². The Balaban J connectivity index is 1.39. The van der Waals surface area contributed by atoms with Gasteiger partial charge in [-0.2, -0.15) is 26.7 Å². The fraction of sp³-hybridized carbons (Fsp3) is 0.486. The van der Waals surface area contributed by atoms with Gasteiger partial charge in [-0.3, -0.25) is 4.79 Å². The van der Waals surface area contributed by atoms with Crippen molar-refractivity contribution in [2.24, 2.45) is 0 Å². The molecular formula is C35H40F5N3O6S. The fourth-order valence-corrected chi connectivity index (χ4v) is 7.32. The van der Waals surface area contributed by atoms with Crippen molar-refractivity contribution in [3.05, 3.63) is 71.8 Å². The molecule has 5 rings (SSSR count). The van der Waals surface area contributed by atoms with Crippen molar-refractivity contribution in [1.29, 1.82) is 0 Å². The molecule has 1 aliphatic heterocycles. The number of carbonyl (C=O) groups is 2. The van der Waals surface area contributed by atoms with Crippen LogP contribution in [-0.4, -0.2) is 62.2 Å². The highest BCUT2D eigenvalue weighted by Gasteiger charge is 2.50. The van der Waals surface area contributed by atoms with E-state index in [1.54, 1.807) is 39.0 Å². The molecule has 3 aromatic rings. The molecule has 50 heavy (non-hydrogen) atoms. The molecule has 9 nitrogen and oxygen atoms in total. The maximum atomic E-state index is 16.2. The van der Waals surface area contributed by atoms with Gasteiger partial charge in [0.15, 0.2) is 6.04 Å². The summed E-state index contributed by atoms with van der Waals surface area (Å²) >= 11 is 0. The molecule has 0 bridgehead atoms. The van der Waals surface area contributed by atoms with Gasteiger partial charge in [-0.25, -0.2) is 13.2 Å². The Morgan fingerprint density at radius 2 is 1.40 bits per heavy atom. The number of rotatable bonds is 9. The molecule has 1 heterocycles. The van der Waals surface area contributed by atoms with Crippen molar-refractivity contribution >= 4 is 32.8 Å². The summed E-state index contributed by atoms with van der Waals surface area (Å²) in [6.45, 7) is 4.84. The van der Waals surface area contributed by atoms with E-state index < -0.39 is 67.8 Å². The molecule has 0 aromatic heterocycles. The minimum Gasteiger partial charge on any atom is -0.490 e. The van der Waals surface area contributed by atoms with E-state index in [4.69, 9.17) is 9.47 Å². The van der Waals surface area contributed by atoms with Crippen molar-refractivity contribution < 1.29 is 49.4 Å². The smallest absolute Gasteiger partial charge is 0.416 e. The van der Waals surface area contributed by atoms with Gasteiger partial charge in [0.2, 0.25) is 15.9 Å². The average Bonchev–Trinajstić information content (AvgIpc) is 3.55. The van der Waals surface area contributed by atoms with E-state index in [1.165, 1.54) is 18.2 Å². The zero-order chi connectivity index (χ0) is 36.5. The first-order valence-corrected chi connectivity index (χ1v) is 17.9. The molecular weight excluding hydrogens is 685 g/mol. The number of fused-ring (bicyclic) bond motifs is 1. The van der Waals surface area contributed by atoms with Crippen LogP contribution >= 0.6 is 0 Å². The predicted molar refractivity (Wildman–Crippen MR) is 175 cm³/mol. The van der Waals surface area contributed by atoms with Gasteiger partial charge < -0.3 is 19.7 Å². The van der Waals surface area contributed by atoms with Crippen LogP contribution in [0.1, 0.15) is 70.4 Å².